The van der Waals surface area contributed by atoms with Crippen molar-refractivity contribution in [3.05, 3.63) is 28.2 Å². The molecule has 1 aromatic carbocycles. The number of nitrogens with zero attached hydrogens (tertiary/aromatic N) is 1. The van der Waals surface area contributed by atoms with Crippen molar-refractivity contribution in [1.29, 1.82) is 0 Å². The molecule has 4 nitrogen and oxygen atoms in total. The standard InChI is InChI=1S/C9H8BrNO3.K/c10-7-1-2-8(12)6(3-7)4-11-5-9(13)14;/h1-4,12H,5H2,(H,13,14);/q;+1/p-1. The Bertz CT molecular complexity index is 382. The molecule has 15 heavy (non-hydrogen) atoms. The van der Waals surface area contributed by atoms with Gasteiger partial charge in [-0.25, -0.2) is 0 Å². The van der Waals surface area contributed by atoms with Gasteiger partial charge in [0.15, 0.2) is 0 Å². The van der Waals surface area contributed by atoms with E-state index in [2.05, 4.69) is 20.9 Å². The summed E-state index contributed by atoms with van der Waals surface area (Å²) in [6.07, 6.45) is 1.27. The van der Waals surface area contributed by atoms with Gasteiger partial charge < -0.3 is 10.2 Å². The number of aliphatic imine (C=N–C) groups is 1. The van der Waals surface area contributed by atoms with Crippen LogP contribution in [0.5, 0.6) is 5.75 Å². The molecule has 0 fully saturated rings. The van der Waals surface area contributed by atoms with E-state index >= 15 is 0 Å². The van der Waals surface area contributed by atoms with Crippen LogP contribution in [0.25, 0.3) is 0 Å². The Morgan fingerprint density at radius 1 is 1.60 bits per heavy atom. The van der Waals surface area contributed by atoms with Crippen molar-refractivity contribution in [3.63, 3.8) is 0 Å². The van der Waals surface area contributed by atoms with Gasteiger partial charge in [-0.1, -0.05) is 27.7 Å². The Hall–Kier alpha value is 0.276. The summed E-state index contributed by atoms with van der Waals surface area (Å²) in [6.45, 7) is -0.327. The van der Waals surface area contributed by atoms with Crippen molar-refractivity contribution < 1.29 is 66.4 Å². The van der Waals surface area contributed by atoms with E-state index in [1.807, 2.05) is 0 Å². The fraction of sp³-hybridized carbons (Fsp3) is 0.111. The van der Waals surface area contributed by atoms with Gasteiger partial charge in [0.2, 0.25) is 0 Å². The number of hydrogen-bond donors (Lipinski definition) is 1. The van der Waals surface area contributed by atoms with Crippen LogP contribution in [0.15, 0.2) is 27.7 Å². The zero-order chi connectivity index (χ0) is 10.6. The molecule has 0 saturated carbocycles. The number of hydrogen-bond acceptors (Lipinski definition) is 3. The monoisotopic (exact) mass is 295 g/mol. The van der Waals surface area contributed by atoms with Crippen LogP contribution in [0.4, 0.5) is 0 Å². The van der Waals surface area contributed by atoms with Gasteiger partial charge in [0.1, 0.15) is 6.54 Å². The third kappa shape index (κ3) is 5.79. The molecule has 1 aromatic rings. The maximum atomic E-state index is 11.2. The quantitative estimate of drug-likeness (QED) is 0.519. The molecule has 0 aliphatic heterocycles. The van der Waals surface area contributed by atoms with Crippen molar-refractivity contribution in [3.8, 4) is 5.75 Å². The summed E-state index contributed by atoms with van der Waals surface area (Å²) in [5.74, 6) is -1.20. The van der Waals surface area contributed by atoms with E-state index in [-0.39, 0.29) is 63.7 Å². The van der Waals surface area contributed by atoms with Crippen LogP contribution in [0, 0.1) is 0 Å². The molecule has 74 valence electrons. The van der Waals surface area contributed by atoms with E-state index in [1.165, 1.54) is 12.3 Å². The van der Waals surface area contributed by atoms with Crippen LogP contribution < -0.4 is 56.5 Å². The molecular weight excluding hydrogens is 289 g/mol. The molecule has 0 aliphatic rings. The summed E-state index contributed by atoms with van der Waals surface area (Å²) in [4.78, 5) is 13.7. The largest absolute Gasteiger partial charge is 1.00 e. The molecule has 0 unspecified atom stereocenters. The molecule has 0 spiro atoms. The molecule has 0 aromatic heterocycles. The van der Waals surface area contributed by atoms with E-state index in [4.69, 9.17) is 5.11 Å². The van der Waals surface area contributed by atoms with Crippen molar-refractivity contribution in [2.75, 3.05) is 6.54 Å². The molecule has 0 heterocycles. The van der Waals surface area contributed by atoms with Crippen molar-refractivity contribution in [2.24, 2.45) is 4.99 Å². The number of carboxylic acid groups (broad SMARTS) is 1. The zero-order valence-corrected chi connectivity index (χ0v) is 12.8. The van der Waals surface area contributed by atoms with Crippen LogP contribution in [-0.4, -0.2) is 23.8 Å². The predicted molar refractivity (Wildman–Crippen MR) is 53.7 cm³/mol. The molecule has 0 bridgehead atoms. The molecule has 0 atom stereocenters. The van der Waals surface area contributed by atoms with E-state index in [0.29, 0.717) is 5.56 Å². The second-order valence-electron chi connectivity index (χ2n) is 2.55. The summed E-state index contributed by atoms with van der Waals surface area (Å²) in [5.41, 5.74) is 0.376. The first-order chi connectivity index (χ1) is 6.59. The minimum atomic E-state index is -1.02. The predicted octanol–water partition coefficient (Wildman–Crippen LogP) is -1.97. The molecule has 0 amide bonds. The van der Waals surface area contributed by atoms with Crippen LogP contribution in [0.2, 0.25) is 0 Å². The molecule has 0 saturated heterocycles. The average Bonchev–Trinajstić information content (AvgIpc) is 2.10. The van der Waals surface area contributed by atoms with Crippen molar-refractivity contribution in [1.82, 2.24) is 0 Å². The number of carbonyl (C=O) groups is 1. The maximum absolute atomic E-state index is 11.2. The smallest absolute Gasteiger partial charge is 0.872 e. The molecule has 1 N–H and O–H groups in total. The first-order valence-corrected chi connectivity index (χ1v) is 4.57. The van der Waals surface area contributed by atoms with Gasteiger partial charge in [0, 0.05) is 10.7 Å². The Balaban J connectivity index is 0.00000196. The number of aliphatic carboxylic acids is 1. The van der Waals surface area contributed by atoms with Crippen LogP contribution in [-0.2, 0) is 4.79 Å². The Morgan fingerprint density at radius 2 is 2.27 bits per heavy atom. The third-order valence-corrected chi connectivity index (χ3v) is 1.92. The summed E-state index contributed by atoms with van der Waals surface area (Å²) < 4.78 is 0.758. The molecular formula is C9H7BrKNO3. The number of benzene rings is 1. The number of halogens is 1. The van der Waals surface area contributed by atoms with Gasteiger partial charge in [0.05, 0.1) is 0 Å². The maximum Gasteiger partial charge on any atom is 1.00 e. The van der Waals surface area contributed by atoms with Crippen LogP contribution in [0.1, 0.15) is 5.56 Å². The summed E-state index contributed by atoms with van der Waals surface area (Å²) in [7, 11) is 0. The molecule has 0 radical (unpaired) electrons. The van der Waals surface area contributed by atoms with Crippen molar-refractivity contribution in [2.45, 2.75) is 0 Å². The minimum Gasteiger partial charge on any atom is -0.872 e. The first kappa shape index (κ1) is 15.3. The summed E-state index contributed by atoms with van der Waals surface area (Å²) in [5, 5.41) is 19.5. The van der Waals surface area contributed by atoms with Gasteiger partial charge >= 0.3 is 57.4 Å². The number of rotatable bonds is 3. The van der Waals surface area contributed by atoms with Crippen molar-refractivity contribution >= 4 is 28.1 Å². The Morgan fingerprint density at radius 3 is 2.87 bits per heavy atom. The van der Waals surface area contributed by atoms with Crippen LogP contribution >= 0.6 is 15.9 Å². The van der Waals surface area contributed by atoms with Crippen LogP contribution in [0.3, 0.4) is 0 Å². The number of carboxylic acids is 1. The fourth-order valence-corrected chi connectivity index (χ4v) is 1.22. The fourth-order valence-electron chi connectivity index (χ4n) is 0.842. The van der Waals surface area contributed by atoms with Gasteiger partial charge in [-0.15, -0.1) is 0 Å². The van der Waals surface area contributed by atoms with E-state index in [1.54, 1.807) is 12.1 Å². The Kier molecular flexibility index (Phi) is 7.67. The van der Waals surface area contributed by atoms with E-state index < -0.39 is 5.97 Å². The molecule has 0 aliphatic carbocycles. The topological polar surface area (TPSA) is 72.7 Å². The van der Waals surface area contributed by atoms with Gasteiger partial charge in [-0.05, 0) is 17.7 Å². The SMILES string of the molecule is O=C(O)CN=Cc1cc(Br)ccc1[O-].[K+]. The molecule has 1 rings (SSSR count). The second kappa shape index (κ2) is 7.53. The van der Waals surface area contributed by atoms with E-state index in [0.717, 1.165) is 4.47 Å². The van der Waals surface area contributed by atoms with Gasteiger partial charge in [0.25, 0.3) is 0 Å². The molecule has 6 heteroatoms. The summed E-state index contributed by atoms with van der Waals surface area (Å²) >= 11 is 3.20. The second-order valence-corrected chi connectivity index (χ2v) is 3.46. The normalized spacial score (nSPS) is 9.93. The summed E-state index contributed by atoms with van der Waals surface area (Å²) in [6, 6.07) is 4.61. The zero-order valence-electron chi connectivity index (χ0n) is 8.11. The third-order valence-electron chi connectivity index (χ3n) is 1.43. The first-order valence-electron chi connectivity index (χ1n) is 3.78. The van der Waals surface area contributed by atoms with E-state index in [9.17, 15) is 9.90 Å². The van der Waals surface area contributed by atoms with Gasteiger partial charge in [-0.2, -0.15) is 0 Å². The average molecular weight is 296 g/mol. The minimum absolute atomic E-state index is 0. The van der Waals surface area contributed by atoms with Gasteiger partial charge in [-0.3, -0.25) is 9.79 Å². The Labute approximate surface area is 138 Å².